The van der Waals surface area contributed by atoms with Crippen molar-refractivity contribution in [3.63, 3.8) is 0 Å². The lowest BCUT2D eigenvalue weighted by Gasteiger charge is -2.26. The highest BCUT2D eigenvalue weighted by molar-refractivity contribution is 6.36. The van der Waals surface area contributed by atoms with Crippen molar-refractivity contribution in [2.24, 2.45) is 0 Å². The van der Waals surface area contributed by atoms with E-state index < -0.39 is 5.82 Å². The monoisotopic (exact) mass is 318 g/mol. The summed E-state index contributed by atoms with van der Waals surface area (Å²) in [6.45, 7) is 7.34. The molecule has 1 aromatic carbocycles. The fraction of sp³-hybridized carbons (Fsp3) is 0.600. The third kappa shape index (κ3) is 3.64. The smallest absolute Gasteiger partial charge is 0.142 e. The summed E-state index contributed by atoms with van der Waals surface area (Å²) in [7, 11) is 0. The molecular weight excluding hydrogens is 298 g/mol. The molecule has 0 amide bonds. The van der Waals surface area contributed by atoms with Crippen LogP contribution in [0.15, 0.2) is 12.1 Å². The molecule has 0 radical (unpaired) electrons. The highest BCUT2D eigenvalue weighted by Crippen LogP contribution is 2.32. The number of hydrogen-bond donors (Lipinski definition) is 1. The SMILES string of the molecule is CC(NCC(C)N1CCCC1)c1c(Cl)ccc(F)c1Cl. The van der Waals surface area contributed by atoms with Crippen molar-refractivity contribution >= 4 is 23.2 Å². The predicted molar refractivity (Wildman–Crippen MR) is 83.1 cm³/mol. The van der Waals surface area contributed by atoms with Crippen LogP contribution in [0.25, 0.3) is 0 Å². The maximum Gasteiger partial charge on any atom is 0.142 e. The van der Waals surface area contributed by atoms with E-state index in [9.17, 15) is 4.39 Å². The van der Waals surface area contributed by atoms with Gasteiger partial charge in [0, 0.05) is 29.2 Å². The van der Waals surface area contributed by atoms with Gasteiger partial charge in [-0.25, -0.2) is 4.39 Å². The van der Waals surface area contributed by atoms with Crippen molar-refractivity contribution in [3.8, 4) is 0 Å². The van der Waals surface area contributed by atoms with E-state index in [-0.39, 0.29) is 11.1 Å². The van der Waals surface area contributed by atoms with Gasteiger partial charge in [0.2, 0.25) is 0 Å². The van der Waals surface area contributed by atoms with Gasteiger partial charge in [0.25, 0.3) is 0 Å². The third-order valence-electron chi connectivity index (χ3n) is 4.00. The van der Waals surface area contributed by atoms with Crippen LogP contribution in [0, 0.1) is 5.82 Å². The van der Waals surface area contributed by atoms with Gasteiger partial charge < -0.3 is 5.32 Å². The third-order valence-corrected chi connectivity index (χ3v) is 4.71. The summed E-state index contributed by atoms with van der Waals surface area (Å²) >= 11 is 12.2. The summed E-state index contributed by atoms with van der Waals surface area (Å²) in [6.07, 6.45) is 2.56. The zero-order chi connectivity index (χ0) is 14.7. The van der Waals surface area contributed by atoms with Crippen molar-refractivity contribution in [2.45, 2.75) is 38.8 Å². The van der Waals surface area contributed by atoms with Gasteiger partial charge in [0.1, 0.15) is 5.82 Å². The van der Waals surface area contributed by atoms with E-state index in [1.54, 1.807) is 6.07 Å². The molecule has 0 aliphatic carbocycles. The highest BCUT2D eigenvalue weighted by atomic mass is 35.5. The number of nitrogens with one attached hydrogen (secondary N) is 1. The van der Waals surface area contributed by atoms with Crippen LogP contribution in [0.2, 0.25) is 10.0 Å². The Bertz CT molecular complexity index is 461. The summed E-state index contributed by atoms with van der Waals surface area (Å²) in [4.78, 5) is 2.47. The first-order valence-corrected chi connectivity index (χ1v) is 7.87. The summed E-state index contributed by atoms with van der Waals surface area (Å²) < 4.78 is 13.5. The Kier molecular flexibility index (Phi) is 5.67. The minimum absolute atomic E-state index is 0.0734. The number of rotatable bonds is 5. The highest BCUT2D eigenvalue weighted by Gasteiger charge is 2.20. The number of likely N-dealkylation sites (tertiary alicyclic amines) is 1. The summed E-state index contributed by atoms with van der Waals surface area (Å²) in [6, 6.07) is 3.25. The Balaban J connectivity index is 1.98. The van der Waals surface area contributed by atoms with Crippen molar-refractivity contribution in [1.29, 1.82) is 0 Å². The molecule has 0 bridgehead atoms. The molecule has 20 heavy (non-hydrogen) atoms. The lowest BCUT2D eigenvalue weighted by atomic mass is 10.1. The molecule has 1 heterocycles. The minimum Gasteiger partial charge on any atom is -0.309 e. The first kappa shape index (κ1) is 16.0. The summed E-state index contributed by atoms with van der Waals surface area (Å²) in [5.41, 5.74) is 0.641. The van der Waals surface area contributed by atoms with Crippen LogP contribution in [0.4, 0.5) is 4.39 Å². The molecule has 0 aromatic heterocycles. The van der Waals surface area contributed by atoms with Crippen LogP contribution in [0.1, 0.15) is 38.3 Å². The van der Waals surface area contributed by atoms with Gasteiger partial charge in [0.05, 0.1) is 5.02 Å². The van der Waals surface area contributed by atoms with E-state index in [0.717, 1.165) is 6.54 Å². The minimum atomic E-state index is -0.424. The van der Waals surface area contributed by atoms with Crippen LogP contribution >= 0.6 is 23.2 Å². The Morgan fingerprint density at radius 1 is 1.25 bits per heavy atom. The maximum atomic E-state index is 13.5. The molecule has 1 saturated heterocycles. The molecule has 0 spiro atoms. The van der Waals surface area contributed by atoms with Crippen LogP contribution in [-0.4, -0.2) is 30.6 Å². The fourth-order valence-corrected chi connectivity index (χ4v) is 3.40. The molecule has 1 aliphatic rings. The van der Waals surface area contributed by atoms with Gasteiger partial charge in [-0.1, -0.05) is 23.2 Å². The van der Waals surface area contributed by atoms with Gasteiger partial charge in [-0.05, 0) is 51.9 Å². The van der Waals surface area contributed by atoms with Gasteiger partial charge >= 0.3 is 0 Å². The Labute approximate surface area is 130 Å². The van der Waals surface area contributed by atoms with E-state index in [1.807, 2.05) is 6.92 Å². The number of benzene rings is 1. The average molecular weight is 319 g/mol. The number of halogens is 3. The van der Waals surface area contributed by atoms with Crippen molar-refractivity contribution in [2.75, 3.05) is 19.6 Å². The van der Waals surface area contributed by atoms with Crippen molar-refractivity contribution in [3.05, 3.63) is 33.6 Å². The normalized spacial score (nSPS) is 19.2. The standard InChI is InChI=1S/C15H21Cl2FN2/c1-10(20-7-3-4-8-20)9-19-11(2)14-12(16)5-6-13(18)15(14)17/h5-6,10-11,19H,3-4,7-9H2,1-2H3. The lowest BCUT2D eigenvalue weighted by Crippen LogP contribution is -2.39. The molecule has 2 atom stereocenters. The topological polar surface area (TPSA) is 15.3 Å². The van der Waals surface area contributed by atoms with Crippen LogP contribution in [-0.2, 0) is 0 Å². The Morgan fingerprint density at radius 3 is 2.55 bits per heavy atom. The molecule has 1 N–H and O–H groups in total. The molecule has 112 valence electrons. The number of hydrogen-bond acceptors (Lipinski definition) is 2. The second kappa shape index (κ2) is 7.08. The van der Waals surface area contributed by atoms with Crippen LogP contribution in [0.3, 0.4) is 0 Å². The first-order chi connectivity index (χ1) is 9.50. The van der Waals surface area contributed by atoms with E-state index in [2.05, 4.69) is 17.1 Å². The summed E-state index contributed by atoms with van der Waals surface area (Å²) in [5, 5.41) is 4.03. The van der Waals surface area contributed by atoms with Crippen LogP contribution < -0.4 is 5.32 Å². The molecule has 2 unspecified atom stereocenters. The van der Waals surface area contributed by atoms with Gasteiger partial charge in [-0.2, -0.15) is 0 Å². The molecule has 2 rings (SSSR count). The molecule has 1 aliphatic heterocycles. The number of nitrogens with zero attached hydrogens (tertiary/aromatic N) is 1. The second-order valence-corrected chi connectivity index (χ2v) is 6.26. The fourth-order valence-electron chi connectivity index (χ4n) is 2.70. The van der Waals surface area contributed by atoms with Crippen LogP contribution in [0.5, 0.6) is 0 Å². The predicted octanol–water partition coefficient (Wildman–Crippen LogP) is 4.27. The second-order valence-electron chi connectivity index (χ2n) is 5.48. The molecule has 2 nitrogen and oxygen atoms in total. The van der Waals surface area contributed by atoms with Gasteiger partial charge in [-0.15, -0.1) is 0 Å². The lowest BCUT2D eigenvalue weighted by molar-refractivity contribution is 0.247. The van der Waals surface area contributed by atoms with E-state index in [1.165, 1.54) is 32.0 Å². The largest absolute Gasteiger partial charge is 0.309 e. The summed E-state index contributed by atoms with van der Waals surface area (Å²) in [5.74, 6) is -0.424. The zero-order valence-corrected chi connectivity index (χ0v) is 13.4. The average Bonchev–Trinajstić information content (AvgIpc) is 2.95. The van der Waals surface area contributed by atoms with E-state index in [0.29, 0.717) is 16.6 Å². The zero-order valence-electron chi connectivity index (χ0n) is 11.9. The van der Waals surface area contributed by atoms with E-state index in [4.69, 9.17) is 23.2 Å². The van der Waals surface area contributed by atoms with Gasteiger partial charge in [0.15, 0.2) is 0 Å². The molecule has 1 fully saturated rings. The van der Waals surface area contributed by atoms with Gasteiger partial charge in [-0.3, -0.25) is 4.90 Å². The molecular formula is C15H21Cl2FN2. The van der Waals surface area contributed by atoms with Crippen molar-refractivity contribution < 1.29 is 4.39 Å². The maximum absolute atomic E-state index is 13.5. The molecule has 1 aromatic rings. The Morgan fingerprint density at radius 2 is 1.90 bits per heavy atom. The quantitative estimate of drug-likeness (QED) is 0.816. The first-order valence-electron chi connectivity index (χ1n) is 7.11. The Hall–Kier alpha value is -0.350. The molecule has 5 heteroatoms. The van der Waals surface area contributed by atoms with E-state index >= 15 is 0 Å². The van der Waals surface area contributed by atoms with Crippen molar-refractivity contribution in [1.82, 2.24) is 10.2 Å². The molecule has 0 saturated carbocycles.